The molecule has 1 aromatic heterocycles. The van der Waals surface area contributed by atoms with Crippen LogP contribution in [0.15, 0.2) is 40.2 Å². The minimum atomic E-state index is -4.95. The van der Waals surface area contributed by atoms with Gasteiger partial charge in [0.15, 0.2) is 0 Å². The molecule has 3 N–H and O–H groups in total. The van der Waals surface area contributed by atoms with Gasteiger partial charge in [-0.2, -0.15) is 8.42 Å². The molecule has 0 aliphatic heterocycles. The molecule has 7 nitrogen and oxygen atoms in total. The molecular weight excluding hydrogens is 277 g/mol. The van der Waals surface area contributed by atoms with Crippen LogP contribution in [0.25, 0.3) is 0 Å². The van der Waals surface area contributed by atoms with E-state index in [0.29, 0.717) is 0 Å². The van der Waals surface area contributed by atoms with E-state index in [2.05, 4.69) is 15.3 Å². The number of benzene rings is 1. The molecule has 0 atom stereocenters. The molecule has 0 fully saturated rings. The summed E-state index contributed by atoms with van der Waals surface area (Å²) < 4.78 is 34.8. The molecule has 0 saturated carbocycles. The zero-order valence-electron chi connectivity index (χ0n) is 9.31. The van der Waals surface area contributed by atoms with Crippen LogP contribution in [-0.4, -0.2) is 24.3 Å². The van der Waals surface area contributed by atoms with Crippen molar-refractivity contribution in [3.8, 4) is 0 Å². The van der Waals surface area contributed by atoms with E-state index in [1.165, 1.54) is 18.2 Å². The molecule has 1 heterocycles. The predicted octanol–water partition coefficient (Wildman–Crippen LogP) is 0.614. The van der Waals surface area contributed by atoms with Gasteiger partial charge in [-0.25, -0.2) is 4.79 Å². The Morgan fingerprint density at radius 2 is 1.95 bits per heavy atom. The molecule has 19 heavy (non-hydrogen) atoms. The molecule has 9 heteroatoms. The Morgan fingerprint density at radius 1 is 1.26 bits per heavy atom. The van der Waals surface area contributed by atoms with Gasteiger partial charge in [-0.05, 0) is 12.1 Å². The van der Waals surface area contributed by atoms with Crippen molar-refractivity contribution in [2.24, 2.45) is 0 Å². The molecule has 0 aliphatic rings. The van der Waals surface area contributed by atoms with Crippen LogP contribution in [0.4, 0.5) is 9.57 Å². The SMILES string of the molecule is O=C(Nc1ccccc1S(=O)(=O)F)c1c[nH]c(=O)[nH]1. The highest BCUT2D eigenvalue weighted by Crippen LogP contribution is 2.22. The average molecular weight is 285 g/mol. The lowest BCUT2D eigenvalue weighted by atomic mass is 10.3. The van der Waals surface area contributed by atoms with Gasteiger partial charge in [-0.15, -0.1) is 3.89 Å². The quantitative estimate of drug-likeness (QED) is 0.717. The summed E-state index contributed by atoms with van der Waals surface area (Å²) in [6, 6.07) is 5.00. The third-order valence-electron chi connectivity index (χ3n) is 2.24. The van der Waals surface area contributed by atoms with E-state index in [1.807, 2.05) is 0 Å². The minimum absolute atomic E-state index is 0.101. The van der Waals surface area contributed by atoms with Crippen LogP contribution < -0.4 is 11.0 Å². The van der Waals surface area contributed by atoms with Crippen LogP contribution in [-0.2, 0) is 10.2 Å². The van der Waals surface area contributed by atoms with Crippen molar-refractivity contribution in [1.82, 2.24) is 9.97 Å². The number of imidazole rings is 1. The summed E-state index contributed by atoms with van der Waals surface area (Å²) in [5.41, 5.74) is -0.898. The van der Waals surface area contributed by atoms with Crippen molar-refractivity contribution < 1.29 is 17.1 Å². The molecular formula is C10H8FN3O4S. The number of aromatic amines is 2. The van der Waals surface area contributed by atoms with E-state index in [9.17, 15) is 21.9 Å². The van der Waals surface area contributed by atoms with Crippen molar-refractivity contribution in [2.45, 2.75) is 4.90 Å². The summed E-state index contributed by atoms with van der Waals surface area (Å²) in [4.78, 5) is 26.3. The first-order valence-electron chi connectivity index (χ1n) is 5.00. The van der Waals surface area contributed by atoms with Gasteiger partial charge >= 0.3 is 15.9 Å². The molecule has 0 bridgehead atoms. The maximum absolute atomic E-state index is 13.0. The van der Waals surface area contributed by atoms with E-state index >= 15 is 0 Å². The molecule has 0 aliphatic carbocycles. The second-order valence-electron chi connectivity index (χ2n) is 3.54. The number of hydrogen-bond acceptors (Lipinski definition) is 4. The van der Waals surface area contributed by atoms with Gasteiger partial charge in [0.1, 0.15) is 10.6 Å². The largest absolute Gasteiger partial charge is 0.334 e. The van der Waals surface area contributed by atoms with Gasteiger partial charge in [0, 0.05) is 6.20 Å². The fourth-order valence-corrected chi connectivity index (χ4v) is 2.05. The second-order valence-corrected chi connectivity index (χ2v) is 4.86. The number of carbonyl (C=O) groups is 1. The van der Waals surface area contributed by atoms with Gasteiger partial charge in [0.05, 0.1) is 5.69 Å². The molecule has 1 aromatic carbocycles. The molecule has 0 spiro atoms. The van der Waals surface area contributed by atoms with Gasteiger partial charge in [0.25, 0.3) is 5.91 Å². The van der Waals surface area contributed by atoms with Gasteiger partial charge in [-0.3, -0.25) is 4.79 Å². The smallest absolute Gasteiger partial charge is 0.319 e. The van der Waals surface area contributed by atoms with Crippen molar-refractivity contribution in [1.29, 1.82) is 0 Å². The molecule has 100 valence electrons. The van der Waals surface area contributed by atoms with Crippen LogP contribution in [0, 0.1) is 0 Å². The number of hydrogen-bond donors (Lipinski definition) is 3. The number of amides is 1. The summed E-state index contributed by atoms with van der Waals surface area (Å²) in [6.45, 7) is 0. The van der Waals surface area contributed by atoms with Crippen LogP contribution in [0.3, 0.4) is 0 Å². The fraction of sp³-hybridized carbons (Fsp3) is 0. The summed E-state index contributed by atoms with van der Waals surface area (Å²) in [5, 5.41) is 2.20. The first-order valence-corrected chi connectivity index (χ1v) is 6.39. The zero-order chi connectivity index (χ0) is 14.0. The topological polar surface area (TPSA) is 112 Å². The van der Waals surface area contributed by atoms with Crippen LogP contribution in [0.5, 0.6) is 0 Å². The van der Waals surface area contributed by atoms with E-state index in [4.69, 9.17) is 0 Å². The van der Waals surface area contributed by atoms with Crippen LogP contribution in [0.1, 0.15) is 10.5 Å². The second kappa shape index (κ2) is 4.69. The maximum Gasteiger partial charge on any atom is 0.334 e. The third-order valence-corrected chi connectivity index (χ3v) is 3.12. The van der Waals surface area contributed by atoms with Crippen molar-refractivity contribution in [3.05, 3.63) is 46.6 Å². The minimum Gasteiger partial charge on any atom is -0.319 e. The maximum atomic E-state index is 13.0. The number of halogens is 1. The average Bonchev–Trinajstić information content (AvgIpc) is 2.75. The Morgan fingerprint density at radius 3 is 2.53 bits per heavy atom. The van der Waals surface area contributed by atoms with Gasteiger partial charge in [0.2, 0.25) is 0 Å². The molecule has 1 amide bonds. The molecule has 0 unspecified atom stereocenters. The Balaban J connectivity index is 2.35. The Bertz CT molecular complexity index is 778. The Hall–Kier alpha value is -2.42. The van der Waals surface area contributed by atoms with E-state index in [0.717, 1.165) is 12.3 Å². The monoisotopic (exact) mass is 285 g/mol. The highest BCUT2D eigenvalue weighted by Gasteiger charge is 2.19. The standard InChI is InChI=1S/C10H8FN3O4S/c11-19(17,18)8-4-2-1-3-6(8)13-9(15)7-5-12-10(16)14-7/h1-5H,(H,13,15)(H2,12,14,16). The number of H-pyrrole nitrogens is 2. The number of nitrogens with one attached hydrogen (secondary N) is 3. The number of carbonyl (C=O) groups excluding carboxylic acids is 1. The summed E-state index contributed by atoms with van der Waals surface area (Å²) in [5.74, 6) is -0.769. The number of rotatable bonds is 3. The number of anilines is 1. The molecule has 2 aromatic rings. The highest BCUT2D eigenvalue weighted by atomic mass is 32.3. The number of aromatic nitrogens is 2. The van der Waals surface area contributed by atoms with E-state index < -0.39 is 26.7 Å². The molecule has 0 radical (unpaired) electrons. The zero-order valence-corrected chi connectivity index (χ0v) is 10.1. The lowest BCUT2D eigenvalue weighted by Gasteiger charge is -2.06. The fourth-order valence-electron chi connectivity index (χ4n) is 1.43. The van der Waals surface area contributed by atoms with Crippen molar-refractivity contribution in [2.75, 3.05) is 5.32 Å². The first kappa shape index (κ1) is 13.0. The Kier molecular flexibility index (Phi) is 3.21. The Labute approximate surface area is 106 Å². The first-order chi connectivity index (χ1) is 8.88. The normalized spacial score (nSPS) is 11.2. The van der Waals surface area contributed by atoms with Crippen molar-refractivity contribution >= 4 is 21.8 Å². The summed E-state index contributed by atoms with van der Waals surface area (Å²) in [7, 11) is -4.95. The molecule has 2 rings (SSSR count). The third kappa shape index (κ3) is 2.88. The van der Waals surface area contributed by atoms with Gasteiger partial charge in [-0.1, -0.05) is 12.1 Å². The van der Waals surface area contributed by atoms with E-state index in [1.54, 1.807) is 0 Å². The van der Waals surface area contributed by atoms with E-state index in [-0.39, 0.29) is 11.4 Å². The number of para-hydroxylation sites is 1. The summed E-state index contributed by atoms with van der Waals surface area (Å²) >= 11 is 0. The van der Waals surface area contributed by atoms with Crippen LogP contribution >= 0.6 is 0 Å². The lowest BCUT2D eigenvalue weighted by molar-refractivity contribution is 0.102. The van der Waals surface area contributed by atoms with Gasteiger partial charge < -0.3 is 15.3 Å². The molecule has 0 saturated heterocycles. The summed E-state index contributed by atoms with van der Waals surface area (Å²) in [6.07, 6.45) is 1.12. The van der Waals surface area contributed by atoms with Crippen LogP contribution in [0.2, 0.25) is 0 Å². The lowest BCUT2D eigenvalue weighted by Crippen LogP contribution is -2.15. The van der Waals surface area contributed by atoms with Crippen molar-refractivity contribution in [3.63, 3.8) is 0 Å². The highest BCUT2D eigenvalue weighted by molar-refractivity contribution is 7.86. The predicted molar refractivity (Wildman–Crippen MR) is 64.1 cm³/mol.